The van der Waals surface area contributed by atoms with Crippen LogP contribution in [0.15, 0.2) is 28.9 Å². The second-order valence-corrected chi connectivity index (χ2v) is 5.10. The number of hydrogen-bond acceptors (Lipinski definition) is 1. The van der Waals surface area contributed by atoms with E-state index in [1.165, 1.54) is 0 Å². The van der Waals surface area contributed by atoms with Crippen LogP contribution in [0.2, 0.25) is 0 Å². The zero-order valence-corrected chi connectivity index (χ0v) is 10.7. The van der Waals surface area contributed by atoms with Crippen LogP contribution in [0.4, 0.5) is 0 Å². The Labute approximate surface area is 97.7 Å². The van der Waals surface area contributed by atoms with Gasteiger partial charge < -0.3 is 9.51 Å². The molecule has 0 radical (unpaired) electrons. The van der Waals surface area contributed by atoms with Gasteiger partial charge in [0.2, 0.25) is 0 Å². The zero-order valence-electron chi connectivity index (χ0n) is 9.08. The second kappa shape index (κ2) is 3.35. The number of rotatable bonds is 1. The molecule has 15 heavy (non-hydrogen) atoms. The molecule has 2 rings (SSSR count). The maximum atomic E-state index is 10.1. The summed E-state index contributed by atoms with van der Waals surface area (Å²) in [6.45, 7) is 5.63. The van der Waals surface area contributed by atoms with E-state index < -0.39 is 5.60 Å². The number of pyridine rings is 1. The molecular weight excluding hydrogens is 254 g/mol. The molecule has 2 aromatic rings. The minimum Gasteiger partial charge on any atom is -0.384 e. The van der Waals surface area contributed by atoms with Crippen LogP contribution >= 0.6 is 15.9 Å². The minimum atomic E-state index is -0.833. The van der Waals surface area contributed by atoms with Gasteiger partial charge in [0, 0.05) is 10.7 Å². The van der Waals surface area contributed by atoms with E-state index in [0.717, 1.165) is 21.2 Å². The van der Waals surface area contributed by atoms with E-state index in [-0.39, 0.29) is 0 Å². The van der Waals surface area contributed by atoms with E-state index in [9.17, 15) is 5.11 Å². The first-order valence-corrected chi connectivity index (χ1v) is 5.70. The summed E-state index contributed by atoms with van der Waals surface area (Å²) in [7, 11) is 0. The molecule has 3 heteroatoms. The molecule has 2 aromatic heterocycles. The molecule has 2 heterocycles. The molecule has 80 valence electrons. The van der Waals surface area contributed by atoms with E-state index >= 15 is 0 Å². The first-order valence-electron chi connectivity index (χ1n) is 4.91. The molecule has 0 bridgehead atoms. The van der Waals surface area contributed by atoms with Gasteiger partial charge in [0.15, 0.2) is 0 Å². The third kappa shape index (κ3) is 1.60. The molecular formula is C12H14BrNO. The van der Waals surface area contributed by atoms with Crippen LogP contribution in [-0.4, -0.2) is 9.51 Å². The standard InChI is InChI=1S/C12H14BrNO/c1-8-10(13)9-6-4-5-7-14(9)11(8)12(2,3)15/h4-7,15H,1-3H3. The summed E-state index contributed by atoms with van der Waals surface area (Å²) in [5.74, 6) is 0. The van der Waals surface area contributed by atoms with Crippen molar-refractivity contribution in [3.8, 4) is 0 Å². The van der Waals surface area contributed by atoms with Gasteiger partial charge in [-0.05, 0) is 54.4 Å². The molecule has 2 nitrogen and oxygen atoms in total. The summed E-state index contributed by atoms with van der Waals surface area (Å²) in [6, 6.07) is 5.99. The van der Waals surface area contributed by atoms with Gasteiger partial charge in [-0.3, -0.25) is 0 Å². The van der Waals surface area contributed by atoms with E-state index in [0.29, 0.717) is 0 Å². The van der Waals surface area contributed by atoms with Crippen LogP contribution < -0.4 is 0 Å². The number of halogens is 1. The largest absolute Gasteiger partial charge is 0.384 e. The fourth-order valence-corrected chi connectivity index (χ4v) is 2.56. The van der Waals surface area contributed by atoms with Gasteiger partial charge in [-0.25, -0.2) is 0 Å². The monoisotopic (exact) mass is 267 g/mol. The maximum absolute atomic E-state index is 10.1. The van der Waals surface area contributed by atoms with Crippen molar-refractivity contribution >= 4 is 21.4 Å². The average Bonchev–Trinajstić information content (AvgIpc) is 2.39. The van der Waals surface area contributed by atoms with Crippen molar-refractivity contribution in [3.63, 3.8) is 0 Å². The number of nitrogens with zero attached hydrogens (tertiary/aromatic N) is 1. The highest BCUT2D eigenvalue weighted by Crippen LogP contribution is 2.33. The fourth-order valence-electron chi connectivity index (χ4n) is 2.05. The predicted molar refractivity (Wildman–Crippen MR) is 65.1 cm³/mol. The van der Waals surface area contributed by atoms with Crippen molar-refractivity contribution in [2.75, 3.05) is 0 Å². The minimum absolute atomic E-state index is 0.833. The Morgan fingerprint density at radius 2 is 2.00 bits per heavy atom. The topological polar surface area (TPSA) is 24.6 Å². The van der Waals surface area contributed by atoms with Gasteiger partial charge in [-0.1, -0.05) is 6.07 Å². The molecule has 1 N–H and O–H groups in total. The van der Waals surface area contributed by atoms with Crippen LogP contribution in [0.1, 0.15) is 25.1 Å². The Bertz CT molecular complexity index is 508. The summed E-state index contributed by atoms with van der Waals surface area (Å²) < 4.78 is 3.08. The Morgan fingerprint density at radius 3 is 2.60 bits per heavy atom. The van der Waals surface area contributed by atoms with E-state index in [4.69, 9.17) is 0 Å². The fraction of sp³-hybridized carbons (Fsp3) is 0.333. The van der Waals surface area contributed by atoms with Crippen LogP contribution in [-0.2, 0) is 5.60 Å². The third-order valence-corrected chi connectivity index (χ3v) is 3.59. The predicted octanol–water partition coefficient (Wildman–Crippen LogP) is 3.24. The van der Waals surface area contributed by atoms with Crippen LogP contribution in [0.3, 0.4) is 0 Å². The molecule has 0 spiro atoms. The molecule has 0 aliphatic carbocycles. The van der Waals surface area contributed by atoms with Crippen molar-refractivity contribution in [2.24, 2.45) is 0 Å². The third-order valence-electron chi connectivity index (χ3n) is 2.59. The molecule has 0 aliphatic rings. The molecule has 0 atom stereocenters. The summed E-state index contributed by atoms with van der Waals surface area (Å²) in [5.41, 5.74) is 2.28. The lowest BCUT2D eigenvalue weighted by Crippen LogP contribution is -2.19. The number of aliphatic hydroxyl groups is 1. The molecule has 0 saturated heterocycles. The van der Waals surface area contributed by atoms with E-state index in [1.807, 2.05) is 35.7 Å². The Morgan fingerprint density at radius 1 is 1.33 bits per heavy atom. The lowest BCUT2D eigenvalue weighted by atomic mass is 10.0. The van der Waals surface area contributed by atoms with Crippen molar-refractivity contribution in [3.05, 3.63) is 40.1 Å². The van der Waals surface area contributed by atoms with Gasteiger partial charge in [-0.2, -0.15) is 0 Å². The first kappa shape index (κ1) is 10.7. The van der Waals surface area contributed by atoms with E-state index in [1.54, 1.807) is 13.8 Å². The summed E-state index contributed by atoms with van der Waals surface area (Å²) >= 11 is 3.56. The molecule has 0 saturated carbocycles. The van der Waals surface area contributed by atoms with Crippen molar-refractivity contribution in [1.82, 2.24) is 4.40 Å². The van der Waals surface area contributed by atoms with Gasteiger partial charge in [0.1, 0.15) is 0 Å². The van der Waals surface area contributed by atoms with Gasteiger partial charge in [0.05, 0.1) is 16.8 Å². The normalized spacial score (nSPS) is 12.3. The van der Waals surface area contributed by atoms with Crippen molar-refractivity contribution in [2.45, 2.75) is 26.4 Å². The number of fused-ring (bicyclic) bond motifs is 1. The Hall–Kier alpha value is -0.800. The molecule has 0 aliphatic heterocycles. The lowest BCUT2D eigenvalue weighted by molar-refractivity contribution is 0.0724. The second-order valence-electron chi connectivity index (χ2n) is 4.30. The first-order chi connectivity index (χ1) is 6.93. The van der Waals surface area contributed by atoms with Crippen molar-refractivity contribution < 1.29 is 5.11 Å². The Kier molecular flexibility index (Phi) is 2.40. The van der Waals surface area contributed by atoms with Gasteiger partial charge in [-0.15, -0.1) is 0 Å². The Balaban J connectivity index is 2.90. The highest BCUT2D eigenvalue weighted by molar-refractivity contribution is 9.10. The number of hydrogen-bond donors (Lipinski definition) is 1. The quantitative estimate of drug-likeness (QED) is 0.843. The molecule has 0 fully saturated rings. The van der Waals surface area contributed by atoms with Crippen LogP contribution in [0, 0.1) is 6.92 Å². The van der Waals surface area contributed by atoms with Gasteiger partial charge in [0.25, 0.3) is 0 Å². The zero-order chi connectivity index (χ0) is 11.2. The number of aromatic nitrogens is 1. The highest BCUT2D eigenvalue weighted by Gasteiger charge is 2.25. The molecule has 0 amide bonds. The average molecular weight is 268 g/mol. The maximum Gasteiger partial charge on any atom is 0.0996 e. The smallest absolute Gasteiger partial charge is 0.0996 e. The highest BCUT2D eigenvalue weighted by atomic mass is 79.9. The lowest BCUT2D eigenvalue weighted by Gasteiger charge is -2.19. The van der Waals surface area contributed by atoms with Crippen molar-refractivity contribution in [1.29, 1.82) is 0 Å². The summed E-state index contributed by atoms with van der Waals surface area (Å²) in [5, 5.41) is 10.1. The van der Waals surface area contributed by atoms with E-state index in [2.05, 4.69) is 15.9 Å². The SMILES string of the molecule is Cc1c(Br)c2ccccn2c1C(C)(C)O. The van der Waals surface area contributed by atoms with Gasteiger partial charge >= 0.3 is 0 Å². The van der Waals surface area contributed by atoms with Crippen LogP contribution in [0.5, 0.6) is 0 Å². The van der Waals surface area contributed by atoms with Crippen LogP contribution in [0.25, 0.3) is 5.52 Å². The molecule has 0 aromatic carbocycles. The summed E-state index contributed by atoms with van der Waals surface area (Å²) in [6.07, 6.45) is 1.97. The summed E-state index contributed by atoms with van der Waals surface area (Å²) in [4.78, 5) is 0. The molecule has 0 unspecified atom stereocenters.